The van der Waals surface area contributed by atoms with Crippen molar-refractivity contribution in [1.82, 2.24) is 9.88 Å². The number of carbonyl (C=O) groups excluding carboxylic acids is 1. The molecule has 0 fully saturated rings. The minimum atomic E-state index is -0.327. The summed E-state index contributed by atoms with van der Waals surface area (Å²) in [5.74, 6) is 0.146. The van der Waals surface area contributed by atoms with Gasteiger partial charge in [-0.05, 0) is 11.7 Å². The van der Waals surface area contributed by atoms with E-state index in [9.17, 15) is 4.79 Å². The minimum Gasteiger partial charge on any atom is -0.369 e. The minimum absolute atomic E-state index is 0.0678. The van der Waals surface area contributed by atoms with Crippen molar-refractivity contribution in [3.63, 3.8) is 0 Å². The molecule has 2 rings (SSSR count). The molecule has 0 saturated heterocycles. The summed E-state index contributed by atoms with van der Waals surface area (Å²) in [4.78, 5) is 21.3. The van der Waals surface area contributed by atoms with Gasteiger partial charge < -0.3 is 5.73 Å². The van der Waals surface area contributed by atoms with E-state index in [0.717, 1.165) is 0 Å². The second-order valence-electron chi connectivity index (χ2n) is 3.65. The van der Waals surface area contributed by atoms with Gasteiger partial charge in [0.1, 0.15) is 13.9 Å². The van der Waals surface area contributed by atoms with Gasteiger partial charge in [-0.25, -0.2) is 4.99 Å². The third-order valence-corrected chi connectivity index (χ3v) is 2.51. The van der Waals surface area contributed by atoms with E-state index < -0.39 is 0 Å². The van der Waals surface area contributed by atoms with Crippen LogP contribution in [0.1, 0.15) is 18.2 Å². The smallest absolute Gasteiger partial charge is 0.231 e. The molecule has 2 radical (unpaired) electrons. The van der Waals surface area contributed by atoms with E-state index >= 15 is 0 Å². The molecule has 1 aliphatic rings. The van der Waals surface area contributed by atoms with Gasteiger partial charge in [0, 0.05) is 7.05 Å². The topological polar surface area (TPSA) is 71.6 Å². The van der Waals surface area contributed by atoms with Crippen LogP contribution in [0.3, 0.4) is 0 Å². The summed E-state index contributed by atoms with van der Waals surface area (Å²) >= 11 is 0. The van der Waals surface area contributed by atoms with Crippen molar-refractivity contribution in [2.45, 2.75) is 12.5 Å². The molecule has 1 aromatic rings. The zero-order chi connectivity index (χ0) is 11.7. The van der Waals surface area contributed by atoms with Gasteiger partial charge in [-0.2, -0.15) is 0 Å². The predicted octanol–water partition coefficient (Wildman–Crippen LogP) is -0.907. The molecule has 0 spiro atoms. The average Bonchev–Trinajstić information content (AvgIpc) is 2.25. The van der Waals surface area contributed by atoms with Crippen LogP contribution in [0.5, 0.6) is 0 Å². The number of hydrogen-bond donors (Lipinski definition) is 1. The van der Waals surface area contributed by atoms with Gasteiger partial charge in [-0.15, -0.1) is 0 Å². The molecule has 80 valence electrons. The Morgan fingerprint density at radius 2 is 2.31 bits per heavy atom. The van der Waals surface area contributed by atoms with E-state index in [1.54, 1.807) is 25.2 Å². The number of nitrogens with zero attached hydrogens (tertiary/aromatic N) is 3. The number of nitrogens with two attached hydrogens (primary N) is 1. The normalized spacial score (nSPS) is 20.8. The van der Waals surface area contributed by atoms with E-state index in [1.807, 2.05) is 0 Å². The number of aliphatic imine (C=N–C) groups is 1. The van der Waals surface area contributed by atoms with Gasteiger partial charge in [-0.3, -0.25) is 14.7 Å². The third-order valence-electron chi connectivity index (χ3n) is 2.51. The van der Waals surface area contributed by atoms with Crippen LogP contribution >= 0.6 is 0 Å². The van der Waals surface area contributed by atoms with Crippen LogP contribution in [-0.2, 0) is 4.79 Å². The molecule has 5 nitrogen and oxygen atoms in total. The van der Waals surface area contributed by atoms with Crippen molar-refractivity contribution < 1.29 is 4.79 Å². The molecule has 0 unspecified atom stereocenters. The maximum Gasteiger partial charge on any atom is 0.231 e. The average molecular weight is 214 g/mol. The Kier molecular flexibility index (Phi) is 2.64. The Balaban J connectivity index is 2.33. The molecule has 2 heterocycles. The van der Waals surface area contributed by atoms with Crippen molar-refractivity contribution in [2.75, 3.05) is 7.05 Å². The fraction of sp³-hybridized carbons (Fsp3) is 0.300. The molecule has 0 bridgehead atoms. The van der Waals surface area contributed by atoms with Gasteiger partial charge >= 0.3 is 0 Å². The molecule has 1 atom stereocenters. The Hall–Kier alpha value is -1.85. The van der Waals surface area contributed by atoms with Crippen LogP contribution in [-0.4, -0.2) is 36.6 Å². The number of guanidine groups is 1. The zero-order valence-electron chi connectivity index (χ0n) is 8.92. The van der Waals surface area contributed by atoms with Crippen LogP contribution in [0.2, 0.25) is 0 Å². The number of amides is 1. The molecule has 2 N–H and O–H groups in total. The first kappa shape index (κ1) is 10.7. The first-order valence-corrected chi connectivity index (χ1v) is 4.90. The summed E-state index contributed by atoms with van der Waals surface area (Å²) in [6.07, 6.45) is 0.271. The van der Waals surface area contributed by atoms with E-state index in [4.69, 9.17) is 13.6 Å². The lowest BCUT2D eigenvalue weighted by atomic mass is 10.0. The fourth-order valence-electron chi connectivity index (χ4n) is 1.55. The van der Waals surface area contributed by atoms with E-state index in [-0.39, 0.29) is 24.3 Å². The van der Waals surface area contributed by atoms with Crippen LogP contribution in [0.15, 0.2) is 23.2 Å². The third kappa shape index (κ3) is 1.91. The van der Waals surface area contributed by atoms with E-state index in [2.05, 4.69) is 9.98 Å². The Bertz CT molecular complexity index is 460. The van der Waals surface area contributed by atoms with Crippen LogP contribution in [0.4, 0.5) is 0 Å². The number of pyridine rings is 1. The highest BCUT2D eigenvalue weighted by molar-refractivity contribution is 6.30. The summed E-state index contributed by atoms with van der Waals surface area (Å²) in [6.45, 7) is 0. The number of aromatic nitrogens is 1. The second-order valence-corrected chi connectivity index (χ2v) is 3.65. The summed E-state index contributed by atoms with van der Waals surface area (Å²) in [7, 11) is 7.18. The maximum absolute atomic E-state index is 11.6. The van der Waals surface area contributed by atoms with Gasteiger partial charge in [0.2, 0.25) is 5.91 Å². The lowest BCUT2D eigenvalue weighted by Gasteiger charge is -2.25. The highest BCUT2D eigenvalue weighted by Crippen LogP contribution is 2.22. The van der Waals surface area contributed by atoms with Gasteiger partial charge in [0.05, 0.1) is 12.1 Å². The zero-order valence-corrected chi connectivity index (χ0v) is 8.92. The first-order valence-electron chi connectivity index (χ1n) is 4.90. The lowest BCUT2D eigenvalue weighted by molar-refractivity contribution is -0.127. The number of carbonyl (C=O) groups is 1. The second kappa shape index (κ2) is 3.96. The standard InChI is InChI=1S/C10H11BN4O/c1-15-9(16)5-7(14-10(15)12)6-3-2-4-8(11)13-6/h2-4,7H,5H2,1H3,(H2,12,14)/t7-/m0/s1. The molecule has 6 heteroatoms. The molecule has 1 aliphatic heterocycles. The van der Waals surface area contributed by atoms with E-state index in [0.29, 0.717) is 11.3 Å². The molecule has 16 heavy (non-hydrogen) atoms. The lowest BCUT2D eigenvalue weighted by Crippen LogP contribution is -2.43. The Morgan fingerprint density at radius 1 is 1.56 bits per heavy atom. The Labute approximate surface area is 94.8 Å². The SMILES string of the molecule is [B]c1cccc([C@@H]2CC(=O)N(C)C(N)=N2)n1. The molecule has 1 amide bonds. The highest BCUT2D eigenvalue weighted by atomic mass is 16.2. The van der Waals surface area contributed by atoms with Crippen molar-refractivity contribution in [3.8, 4) is 0 Å². The quantitative estimate of drug-likeness (QED) is 0.615. The fourth-order valence-corrected chi connectivity index (χ4v) is 1.55. The van der Waals surface area contributed by atoms with Gasteiger partial charge in [0.15, 0.2) is 5.96 Å². The predicted molar refractivity (Wildman–Crippen MR) is 61.4 cm³/mol. The molecule has 0 aromatic carbocycles. The van der Waals surface area contributed by atoms with Gasteiger partial charge in [-0.1, -0.05) is 12.1 Å². The summed E-state index contributed by atoms with van der Waals surface area (Å²) in [5.41, 5.74) is 6.72. The van der Waals surface area contributed by atoms with Crippen LogP contribution in [0, 0.1) is 0 Å². The van der Waals surface area contributed by atoms with E-state index in [1.165, 1.54) is 4.90 Å². The molecule has 0 aliphatic carbocycles. The monoisotopic (exact) mass is 214 g/mol. The largest absolute Gasteiger partial charge is 0.369 e. The highest BCUT2D eigenvalue weighted by Gasteiger charge is 2.26. The van der Waals surface area contributed by atoms with Crippen LogP contribution in [0.25, 0.3) is 0 Å². The summed E-state index contributed by atoms with van der Waals surface area (Å²) < 4.78 is 0. The van der Waals surface area contributed by atoms with Crippen molar-refractivity contribution in [2.24, 2.45) is 10.7 Å². The molecular weight excluding hydrogens is 203 g/mol. The number of rotatable bonds is 1. The maximum atomic E-state index is 11.6. The Morgan fingerprint density at radius 3 is 2.94 bits per heavy atom. The molecule has 1 aromatic heterocycles. The summed E-state index contributed by atoms with van der Waals surface area (Å²) in [6, 6.07) is 4.93. The van der Waals surface area contributed by atoms with Crippen molar-refractivity contribution >= 4 is 25.3 Å². The summed E-state index contributed by atoms with van der Waals surface area (Å²) in [5, 5.41) is 0. The van der Waals surface area contributed by atoms with Crippen molar-refractivity contribution in [1.29, 1.82) is 0 Å². The molecular formula is C10H11BN4O. The first-order chi connectivity index (χ1) is 7.58. The molecule has 0 saturated carbocycles. The number of hydrogen-bond acceptors (Lipinski definition) is 4. The van der Waals surface area contributed by atoms with Gasteiger partial charge in [0.25, 0.3) is 0 Å². The van der Waals surface area contributed by atoms with Crippen LogP contribution < -0.4 is 11.3 Å². The van der Waals surface area contributed by atoms with Crippen molar-refractivity contribution in [3.05, 3.63) is 23.9 Å².